The zero-order valence-electron chi connectivity index (χ0n) is 19.0. The molecule has 1 unspecified atom stereocenters. The first kappa shape index (κ1) is 25.2. The van der Waals surface area contributed by atoms with Gasteiger partial charge in [0.1, 0.15) is 16.3 Å². The normalized spacial score (nSPS) is 11.6. The van der Waals surface area contributed by atoms with Crippen LogP contribution in [0.25, 0.3) is 31.9 Å². The van der Waals surface area contributed by atoms with Crippen molar-refractivity contribution >= 4 is 55.7 Å². The molecule has 1 atom stereocenters. The largest absolute Gasteiger partial charge is 0.466 e. The lowest BCUT2D eigenvalue weighted by Crippen LogP contribution is -2.08. The van der Waals surface area contributed by atoms with Crippen LogP contribution in [-0.2, 0) is 20.7 Å². The van der Waals surface area contributed by atoms with Crippen LogP contribution < -0.4 is 5.73 Å². The van der Waals surface area contributed by atoms with Gasteiger partial charge in [0.15, 0.2) is 11.2 Å². The molecule has 5 nitrogen and oxygen atoms in total. The quantitative estimate of drug-likeness (QED) is 0.153. The summed E-state index contributed by atoms with van der Waals surface area (Å²) in [5.41, 5.74) is 10.2. The number of anilines is 1. The van der Waals surface area contributed by atoms with E-state index >= 15 is 0 Å². The number of thiophene rings is 2. The van der Waals surface area contributed by atoms with E-state index in [4.69, 9.17) is 15.5 Å². The van der Waals surface area contributed by atoms with Crippen molar-refractivity contribution in [3.05, 3.63) is 53.9 Å². The second kappa shape index (κ2) is 12.2. The van der Waals surface area contributed by atoms with Crippen LogP contribution >= 0.6 is 22.7 Å². The van der Waals surface area contributed by atoms with Gasteiger partial charge in [-0.25, -0.2) is 4.98 Å². The summed E-state index contributed by atoms with van der Waals surface area (Å²) in [7, 11) is 0. The molecule has 33 heavy (non-hydrogen) atoms. The van der Waals surface area contributed by atoms with E-state index in [2.05, 4.69) is 24.3 Å². The summed E-state index contributed by atoms with van der Waals surface area (Å²) in [4.78, 5) is 17.7. The van der Waals surface area contributed by atoms with Crippen LogP contribution in [0.2, 0.25) is 0 Å². The van der Waals surface area contributed by atoms with Crippen molar-refractivity contribution in [1.29, 1.82) is 0 Å². The topological polar surface area (TPSA) is 85.4 Å². The lowest BCUT2D eigenvalue weighted by molar-refractivity contribution is -0.141. The molecule has 0 aliphatic rings. The van der Waals surface area contributed by atoms with Crippen LogP contribution in [0, 0.1) is 0 Å². The van der Waals surface area contributed by atoms with Crippen LogP contribution in [0.3, 0.4) is 0 Å². The van der Waals surface area contributed by atoms with E-state index in [1.54, 1.807) is 11.3 Å². The number of nitrogen functional groups attached to an aromatic ring is 1. The third-order valence-corrected chi connectivity index (χ3v) is 8.71. The van der Waals surface area contributed by atoms with Gasteiger partial charge in [-0.3, -0.25) is 4.79 Å². The number of aromatic nitrogens is 1. The van der Waals surface area contributed by atoms with E-state index in [9.17, 15) is 9.35 Å². The molecule has 3 heterocycles. The Hall–Kier alpha value is -2.39. The highest BCUT2D eigenvalue weighted by molar-refractivity contribution is 7.93. The minimum atomic E-state index is -0.984. The van der Waals surface area contributed by atoms with Crippen molar-refractivity contribution in [2.45, 2.75) is 37.8 Å². The van der Waals surface area contributed by atoms with E-state index in [1.165, 1.54) is 18.3 Å². The van der Waals surface area contributed by atoms with Crippen molar-refractivity contribution in [1.82, 2.24) is 4.98 Å². The van der Waals surface area contributed by atoms with Gasteiger partial charge in [-0.2, -0.15) is 4.55 Å². The summed E-state index contributed by atoms with van der Waals surface area (Å²) in [5, 5.41) is 2.94. The minimum absolute atomic E-state index is 0.280. The number of nitrogens with two attached hydrogens (primary N) is 1. The number of ether oxygens (including phenoxy) is 1. The maximum absolute atomic E-state index is 10.9. The molecule has 0 aliphatic carbocycles. The summed E-state index contributed by atoms with van der Waals surface area (Å²) >= 11 is 2.13. The van der Waals surface area contributed by atoms with E-state index in [0.29, 0.717) is 24.5 Å². The smallest absolute Gasteiger partial charge is 0.302 e. The van der Waals surface area contributed by atoms with Gasteiger partial charge in [-0.05, 0) is 41.5 Å². The average Bonchev–Trinajstić information content (AvgIpc) is 3.48. The van der Waals surface area contributed by atoms with Gasteiger partial charge in [-0.1, -0.05) is 61.6 Å². The molecule has 0 saturated heterocycles. The molecule has 174 valence electrons. The number of esters is 1. The summed E-state index contributed by atoms with van der Waals surface area (Å²) in [6.45, 7) is 5.77. The molecule has 4 rings (SSSR count). The highest BCUT2D eigenvalue weighted by Crippen LogP contribution is 2.43. The number of hydrogen-bond donors (Lipinski definition) is 2. The Bertz CT molecular complexity index is 1170. The number of nitrogens with zero attached hydrogens (tertiary/aromatic N) is 1. The molecule has 0 bridgehead atoms. The first-order valence-electron chi connectivity index (χ1n) is 10.9. The number of benzene rings is 1. The lowest BCUT2D eigenvalue weighted by atomic mass is 10.0. The van der Waals surface area contributed by atoms with Crippen LogP contribution in [0.4, 0.5) is 5.69 Å². The van der Waals surface area contributed by atoms with E-state index in [1.807, 2.05) is 43.5 Å². The van der Waals surface area contributed by atoms with Gasteiger partial charge >= 0.3 is 5.97 Å². The SMILES string of the molecule is CC.CC(=O)OCCCC[S+](O)c1sc2nc(-c3cccs3)cc(-c3ccccc3)c2c1N. The second-order valence-electron chi connectivity index (χ2n) is 7.00. The highest BCUT2D eigenvalue weighted by Gasteiger charge is 2.29. The molecule has 0 aliphatic heterocycles. The van der Waals surface area contributed by atoms with Gasteiger partial charge in [0.2, 0.25) is 0 Å². The molecule has 0 spiro atoms. The van der Waals surface area contributed by atoms with Crippen LogP contribution in [-0.4, -0.2) is 27.9 Å². The molecule has 3 N–H and O–H groups in total. The monoisotopic (exact) mass is 501 g/mol. The van der Waals surface area contributed by atoms with Gasteiger partial charge in [0.05, 0.1) is 17.2 Å². The number of hydrogen-bond acceptors (Lipinski definition) is 7. The number of rotatable bonds is 8. The maximum Gasteiger partial charge on any atom is 0.302 e. The molecule has 0 fully saturated rings. The summed E-state index contributed by atoms with van der Waals surface area (Å²) in [6.07, 6.45) is 1.46. The number of unbranched alkanes of at least 4 members (excludes halogenated alkanes) is 1. The zero-order chi connectivity index (χ0) is 23.8. The molecular weight excluding hydrogens is 472 g/mol. The van der Waals surface area contributed by atoms with Crippen molar-refractivity contribution in [2.24, 2.45) is 0 Å². The zero-order valence-corrected chi connectivity index (χ0v) is 21.5. The van der Waals surface area contributed by atoms with Crippen molar-refractivity contribution < 1.29 is 14.1 Å². The van der Waals surface area contributed by atoms with Gasteiger partial charge in [0, 0.05) is 12.3 Å². The third kappa shape index (κ3) is 6.14. The predicted octanol–water partition coefficient (Wildman–Crippen LogP) is 7.09. The molecule has 1 aromatic carbocycles. The molecule has 4 aromatic rings. The Labute approximate surface area is 205 Å². The van der Waals surface area contributed by atoms with Gasteiger partial charge < -0.3 is 10.5 Å². The summed E-state index contributed by atoms with van der Waals surface area (Å²) < 4.78 is 16.6. The Morgan fingerprint density at radius 2 is 1.91 bits per heavy atom. The number of carbonyl (C=O) groups is 1. The van der Waals surface area contributed by atoms with E-state index in [0.717, 1.165) is 42.5 Å². The first-order valence-corrected chi connectivity index (χ1v) is 13.9. The Morgan fingerprint density at radius 1 is 1.15 bits per heavy atom. The molecule has 8 heteroatoms. The Kier molecular flexibility index (Phi) is 9.31. The fraction of sp³-hybridized carbons (Fsp3) is 0.280. The fourth-order valence-corrected chi connectivity index (χ4v) is 6.75. The van der Waals surface area contributed by atoms with E-state index in [-0.39, 0.29) is 5.97 Å². The second-order valence-corrected chi connectivity index (χ2v) is 10.7. The highest BCUT2D eigenvalue weighted by atomic mass is 32.2. The molecule has 3 aromatic heterocycles. The van der Waals surface area contributed by atoms with Crippen LogP contribution in [0.1, 0.15) is 33.6 Å². The van der Waals surface area contributed by atoms with Crippen molar-refractivity contribution in [2.75, 3.05) is 18.1 Å². The Balaban J connectivity index is 0.00000149. The summed E-state index contributed by atoms with van der Waals surface area (Å²) in [5.74, 6) is 0.300. The van der Waals surface area contributed by atoms with Crippen LogP contribution in [0.15, 0.2) is 58.1 Å². The first-order chi connectivity index (χ1) is 16.0. The average molecular weight is 502 g/mol. The molecule has 0 saturated carbocycles. The van der Waals surface area contributed by atoms with Crippen molar-refractivity contribution in [3.8, 4) is 21.7 Å². The van der Waals surface area contributed by atoms with E-state index < -0.39 is 11.2 Å². The third-order valence-electron chi connectivity index (χ3n) is 4.77. The number of fused-ring (bicyclic) bond motifs is 1. The lowest BCUT2D eigenvalue weighted by Gasteiger charge is -2.07. The molecule has 0 amide bonds. The van der Waals surface area contributed by atoms with Crippen LogP contribution in [0.5, 0.6) is 0 Å². The summed E-state index contributed by atoms with van der Waals surface area (Å²) in [6, 6.07) is 16.3. The minimum Gasteiger partial charge on any atom is -0.466 e. The number of pyridine rings is 1. The standard InChI is InChI=1S/C23H23N2O3S3.C2H6/c1-15(26)28-11-5-6-13-31(27)23-21(24)20-17(16-8-3-2-4-9-16)14-18(25-22(20)30-23)19-10-7-12-29-19;1-2/h2-4,7-10,12,14,27H,5-6,11,13,24H2,1H3;1-2H3/q+1;. The predicted molar refractivity (Wildman–Crippen MR) is 143 cm³/mol. The van der Waals surface area contributed by atoms with Gasteiger partial charge in [0.25, 0.3) is 4.21 Å². The molecule has 0 radical (unpaired) electrons. The molecular formula is C25H29N2O3S3+. The fourth-order valence-electron chi connectivity index (χ4n) is 3.32. The van der Waals surface area contributed by atoms with Crippen molar-refractivity contribution in [3.63, 3.8) is 0 Å². The van der Waals surface area contributed by atoms with Gasteiger partial charge in [-0.15, -0.1) is 11.3 Å². The maximum atomic E-state index is 10.9. The number of carbonyl (C=O) groups excluding carboxylic acids is 1. The Morgan fingerprint density at radius 3 is 2.58 bits per heavy atom.